The van der Waals surface area contributed by atoms with Crippen LogP contribution in [0.4, 0.5) is 5.69 Å². The van der Waals surface area contributed by atoms with Gasteiger partial charge < -0.3 is 14.2 Å². The van der Waals surface area contributed by atoms with Crippen LogP contribution in [0.25, 0.3) is 0 Å². The zero-order valence-corrected chi connectivity index (χ0v) is 11.7. The largest absolute Gasteiger partial charge is 0.497 e. The van der Waals surface area contributed by atoms with Crippen molar-refractivity contribution in [2.45, 2.75) is 13.0 Å². The van der Waals surface area contributed by atoms with Crippen molar-refractivity contribution in [3.05, 3.63) is 42.5 Å². The Morgan fingerprint density at radius 3 is 2.81 bits per heavy atom. The number of carbonyl (C=O) groups is 2. The summed E-state index contributed by atoms with van der Waals surface area (Å²) in [6.45, 7) is 1.24. The molecule has 1 amide bonds. The Kier molecular flexibility index (Phi) is 3.43. The minimum absolute atomic E-state index is 0.448. The third-order valence-corrected chi connectivity index (χ3v) is 3.54. The van der Waals surface area contributed by atoms with Crippen LogP contribution < -0.4 is 9.64 Å². The van der Waals surface area contributed by atoms with Crippen molar-refractivity contribution in [3.8, 4) is 5.75 Å². The number of hydrogen-bond acceptors (Lipinski definition) is 4. The number of amides is 1. The average Bonchev–Trinajstić information content (AvgIpc) is 3.10. The molecular weight excluding hydrogens is 270 g/mol. The number of ether oxygens (including phenoxy) is 1. The van der Waals surface area contributed by atoms with Crippen LogP contribution in [0, 0.1) is 0 Å². The van der Waals surface area contributed by atoms with Gasteiger partial charge in [0, 0.05) is 31.5 Å². The van der Waals surface area contributed by atoms with Crippen LogP contribution in [0.3, 0.4) is 0 Å². The number of methoxy groups -OCH3 is 1. The summed E-state index contributed by atoms with van der Waals surface area (Å²) in [6, 6.07) is 5.07. The average molecular weight is 285 g/mol. The monoisotopic (exact) mass is 285 g/mol. The summed E-state index contributed by atoms with van der Waals surface area (Å²) in [6.07, 6.45) is 6.05. The molecule has 0 atom stereocenters. The van der Waals surface area contributed by atoms with Gasteiger partial charge in [-0.05, 0) is 18.6 Å². The maximum Gasteiger partial charge on any atom is 0.299 e. The second-order valence-electron chi connectivity index (χ2n) is 4.82. The third kappa shape index (κ3) is 2.40. The lowest BCUT2D eigenvalue weighted by atomic mass is 10.1. The van der Waals surface area contributed by atoms with E-state index in [1.54, 1.807) is 37.8 Å². The summed E-state index contributed by atoms with van der Waals surface area (Å²) < 4.78 is 7.10. The van der Waals surface area contributed by atoms with Crippen molar-refractivity contribution in [1.82, 2.24) is 9.55 Å². The standard InChI is InChI=1S/C15H15N3O3/c1-21-11-3-4-12-13(9-11)18(15(20)14(12)19)7-2-6-17-8-5-16-10-17/h3-5,8-10H,2,6-7H2,1H3. The fraction of sp³-hybridized carbons (Fsp3) is 0.267. The van der Waals surface area contributed by atoms with E-state index < -0.39 is 11.7 Å². The molecule has 108 valence electrons. The summed E-state index contributed by atoms with van der Waals surface area (Å²) in [4.78, 5) is 29.5. The van der Waals surface area contributed by atoms with Gasteiger partial charge in [-0.15, -0.1) is 0 Å². The quantitative estimate of drug-likeness (QED) is 0.781. The fourth-order valence-corrected chi connectivity index (χ4v) is 2.45. The first-order chi connectivity index (χ1) is 10.2. The summed E-state index contributed by atoms with van der Waals surface area (Å²) in [7, 11) is 1.56. The van der Waals surface area contributed by atoms with Crippen LogP contribution in [-0.4, -0.2) is 34.9 Å². The molecule has 1 aliphatic rings. The van der Waals surface area contributed by atoms with E-state index in [0.717, 1.165) is 13.0 Å². The Balaban J connectivity index is 1.76. The molecule has 0 spiro atoms. The predicted octanol–water partition coefficient (Wildman–Crippen LogP) is 1.51. The van der Waals surface area contributed by atoms with Crippen LogP contribution in [-0.2, 0) is 11.3 Å². The molecule has 1 aromatic carbocycles. The molecule has 0 aliphatic carbocycles. The molecule has 21 heavy (non-hydrogen) atoms. The minimum atomic E-state index is -0.469. The first kappa shape index (κ1) is 13.4. The molecule has 6 heteroatoms. The number of Topliss-reactive ketones (excluding diaryl/α,β-unsaturated/α-hetero) is 1. The topological polar surface area (TPSA) is 64.4 Å². The van der Waals surface area contributed by atoms with Gasteiger partial charge in [-0.25, -0.2) is 4.98 Å². The van der Waals surface area contributed by atoms with Gasteiger partial charge in [-0.2, -0.15) is 0 Å². The predicted molar refractivity (Wildman–Crippen MR) is 76.5 cm³/mol. The molecule has 1 aromatic heterocycles. The van der Waals surface area contributed by atoms with E-state index in [1.165, 1.54) is 4.90 Å². The number of rotatable bonds is 5. The molecule has 0 unspecified atom stereocenters. The molecule has 0 saturated carbocycles. The third-order valence-electron chi connectivity index (χ3n) is 3.54. The zero-order chi connectivity index (χ0) is 14.8. The van der Waals surface area contributed by atoms with Gasteiger partial charge in [0.05, 0.1) is 24.7 Å². The SMILES string of the molecule is COc1ccc2c(c1)N(CCCn1ccnc1)C(=O)C2=O. The Labute approximate surface area is 122 Å². The van der Waals surface area contributed by atoms with Gasteiger partial charge in [-0.3, -0.25) is 9.59 Å². The molecule has 0 N–H and O–H groups in total. The number of aromatic nitrogens is 2. The summed E-state index contributed by atoms with van der Waals surface area (Å²) in [5.41, 5.74) is 1.08. The smallest absolute Gasteiger partial charge is 0.299 e. The molecule has 0 bridgehead atoms. The number of nitrogens with zero attached hydrogens (tertiary/aromatic N) is 3. The number of carbonyl (C=O) groups excluding carboxylic acids is 2. The first-order valence-electron chi connectivity index (χ1n) is 6.70. The van der Waals surface area contributed by atoms with Gasteiger partial charge in [0.1, 0.15) is 5.75 Å². The molecule has 0 radical (unpaired) electrons. The van der Waals surface area contributed by atoms with Crippen molar-refractivity contribution >= 4 is 17.4 Å². The molecular formula is C15H15N3O3. The van der Waals surface area contributed by atoms with Crippen molar-refractivity contribution in [2.75, 3.05) is 18.6 Å². The number of aryl methyl sites for hydroxylation is 1. The Hall–Kier alpha value is -2.63. The molecule has 1 aliphatic heterocycles. The van der Waals surface area contributed by atoms with Crippen molar-refractivity contribution in [3.63, 3.8) is 0 Å². The van der Waals surface area contributed by atoms with Gasteiger partial charge in [0.2, 0.25) is 0 Å². The molecule has 2 aromatic rings. The van der Waals surface area contributed by atoms with Gasteiger partial charge in [0.15, 0.2) is 0 Å². The molecule has 3 rings (SSSR count). The molecule has 0 fully saturated rings. The zero-order valence-electron chi connectivity index (χ0n) is 11.7. The molecule has 6 nitrogen and oxygen atoms in total. The van der Waals surface area contributed by atoms with E-state index in [4.69, 9.17) is 4.74 Å². The Morgan fingerprint density at radius 2 is 2.10 bits per heavy atom. The van der Waals surface area contributed by atoms with Gasteiger partial charge >= 0.3 is 0 Å². The number of fused-ring (bicyclic) bond motifs is 1. The highest BCUT2D eigenvalue weighted by Gasteiger charge is 2.35. The van der Waals surface area contributed by atoms with Crippen LogP contribution in [0.15, 0.2) is 36.9 Å². The lowest BCUT2D eigenvalue weighted by Crippen LogP contribution is -2.31. The van der Waals surface area contributed by atoms with Crippen LogP contribution in [0.1, 0.15) is 16.8 Å². The number of benzene rings is 1. The van der Waals surface area contributed by atoms with Crippen molar-refractivity contribution in [2.24, 2.45) is 0 Å². The van der Waals surface area contributed by atoms with E-state index in [1.807, 2.05) is 10.8 Å². The first-order valence-corrected chi connectivity index (χ1v) is 6.70. The van der Waals surface area contributed by atoms with Crippen LogP contribution in [0.5, 0.6) is 5.75 Å². The second-order valence-corrected chi connectivity index (χ2v) is 4.82. The highest BCUT2D eigenvalue weighted by molar-refractivity contribution is 6.52. The summed E-state index contributed by atoms with van der Waals surface area (Å²) in [5.74, 6) is -0.282. The van der Waals surface area contributed by atoms with Gasteiger partial charge in [0.25, 0.3) is 11.7 Å². The number of hydrogen-bond donors (Lipinski definition) is 0. The lowest BCUT2D eigenvalue weighted by Gasteiger charge is -2.17. The van der Waals surface area contributed by atoms with Gasteiger partial charge in [-0.1, -0.05) is 0 Å². The summed E-state index contributed by atoms with van der Waals surface area (Å²) >= 11 is 0. The van der Waals surface area contributed by atoms with E-state index >= 15 is 0 Å². The fourth-order valence-electron chi connectivity index (χ4n) is 2.45. The van der Waals surface area contributed by atoms with E-state index in [-0.39, 0.29) is 0 Å². The molecule has 2 heterocycles. The highest BCUT2D eigenvalue weighted by atomic mass is 16.5. The second kappa shape index (κ2) is 5.40. The minimum Gasteiger partial charge on any atom is -0.497 e. The molecule has 0 saturated heterocycles. The van der Waals surface area contributed by atoms with Crippen molar-refractivity contribution < 1.29 is 14.3 Å². The maximum atomic E-state index is 12.1. The number of anilines is 1. The maximum absolute atomic E-state index is 12.1. The lowest BCUT2D eigenvalue weighted by molar-refractivity contribution is -0.114. The number of ketones is 1. The normalized spacial score (nSPS) is 13.7. The van der Waals surface area contributed by atoms with E-state index in [2.05, 4.69) is 4.98 Å². The highest BCUT2D eigenvalue weighted by Crippen LogP contribution is 2.32. The van der Waals surface area contributed by atoms with Crippen molar-refractivity contribution in [1.29, 1.82) is 0 Å². The van der Waals surface area contributed by atoms with Crippen LogP contribution in [0.2, 0.25) is 0 Å². The van der Waals surface area contributed by atoms with E-state index in [0.29, 0.717) is 23.5 Å². The Bertz CT molecular complexity index is 679. The summed E-state index contributed by atoms with van der Waals surface area (Å²) in [5, 5.41) is 0. The van der Waals surface area contributed by atoms with Crippen LogP contribution >= 0.6 is 0 Å². The Morgan fingerprint density at radius 1 is 1.24 bits per heavy atom. The number of imidazole rings is 1. The van der Waals surface area contributed by atoms with E-state index in [9.17, 15) is 9.59 Å².